The minimum atomic E-state index is 0.550. The van der Waals surface area contributed by atoms with Crippen molar-refractivity contribution >= 4 is 34.8 Å². The molecule has 0 saturated heterocycles. The Morgan fingerprint density at radius 1 is 1.20 bits per heavy atom. The lowest BCUT2D eigenvalue weighted by Gasteiger charge is -2.35. The zero-order chi connectivity index (χ0) is 14.5. The van der Waals surface area contributed by atoms with Crippen LogP contribution in [0.1, 0.15) is 46.0 Å². The highest BCUT2D eigenvalue weighted by Gasteiger charge is 2.23. The summed E-state index contributed by atoms with van der Waals surface area (Å²) in [7, 11) is 0. The van der Waals surface area contributed by atoms with Crippen LogP contribution in [0.2, 0.25) is 10.0 Å². The first-order chi connectivity index (χ1) is 9.67. The van der Waals surface area contributed by atoms with Gasteiger partial charge in [0.15, 0.2) is 0 Å². The molecule has 1 saturated carbocycles. The predicted molar refractivity (Wildman–Crippen MR) is 88.3 cm³/mol. The zero-order valence-corrected chi connectivity index (χ0v) is 13.8. The molecule has 3 nitrogen and oxygen atoms in total. The molecule has 5 heteroatoms. The van der Waals surface area contributed by atoms with Crippen molar-refractivity contribution in [1.29, 1.82) is 0 Å². The molecule has 1 aromatic rings. The molecule has 0 bridgehead atoms. The van der Waals surface area contributed by atoms with Gasteiger partial charge in [-0.05, 0) is 32.8 Å². The van der Waals surface area contributed by atoms with Crippen molar-refractivity contribution < 1.29 is 0 Å². The van der Waals surface area contributed by atoms with Gasteiger partial charge in [-0.3, -0.25) is 0 Å². The number of pyridine rings is 1. The molecule has 0 unspecified atom stereocenters. The molecular formula is C15H23Cl2N3. The fourth-order valence-corrected chi connectivity index (χ4v) is 3.46. The second kappa shape index (κ2) is 7.37. The van der Waals surface area contributed by atoms with Gasteiger partial charge in [0.25, 0.3) is 0 Å². The van der Waals surface area contributed by atoms with Crippen molar-refractivity contribution in [2.24, 2.45) is 0 Å². The molecule has 1 aliphatic rings. The summed E-state index contributed by atoms with van der Waals surface area (Å²) >= 11 is 12.6. The summed E-state index contributed by atoms with van der Waals surface area (Å²) < 4.78 is 0. The second-order valence-electron chi connectivity index (χ2n) is 5.23. The lowest BCUT2D eigenvalue weighted by atomic mass is 9.94. The van der Waals surface area contributed by atoms with E-state index in [1.807, 2.05) is 6.92 Å². The molecule has 112 valence electrons. The van der Waals surface area contributed by atoms with Gasteiger partial charge in [0.1, 0.15) is 11.6 Å². The Bertz CT molecular complexity index is 445. The van der Waals surface area contributed by atoms with E-state index < -0.39 is 0 Å². The number of nitrogens with one attached hydrogen (secondary N) is 1. The maximum absolute atomic E-state index is 6.38. The molecule has 1 N–H and O–H groups in total. The molecule has 1 fully saturated rings. The molecule has 0 spiro atoms. The summed E-state index contributed by atoms with van der Waals surface area (Å²) in [6.45, 7) is 5.91. The smallest absolute Gasteiger partial charge is 0.150 e. The Balaban J connectivity index is 2.30. The molecule has 2 rings (SSSR count). The Morgan fingerprint density at radius 2 is 1.90 bits per heavy atom. The number of rotatable bonds is 5. The van der Waals surface area contributed by atoms with Crippen molar-refractivity contribution in [2.75, 3.05) is 23.3 Å². The van der Waals surface area contributed by atoms with Crippen LogP contribution in [0, 0.1) is 0 Å². The Hall–Kier alpha value is -0.670. The van der Waals surface area contributed by atoms with E-state index >= 15 is 0 Å². The Morgan fingerprint density at radius 3 is 2.50 bits per heavy atom. The maximum atomic E-state index is 6.38. The molecule has 0 amide bonds. The SMILES string of the molecule is CCNc1nc(N(CC)C2CCCCC2)c(Cl)cc1Cl. The quantitative estimate of drug-likeness (QED) is 0.830. The fourth-order valence-electron chi connectivity index (χ4n) is 2.92. The van der Waals surface area contributed by atoms with Crippen molar-refractivity contribution in [2.45, 2.75) is 52.0 Å². The second-order valence-corrected chi connectivity index (χ2v) is 6.05. The van der Waals surface area contributed by atoms with Gasteiger partial charge in [-0.25, -0.2) is 4.98 Å². The van der Waals surface area contributed by atoms with Gasteiger partial charge in [0.05, 0.1) is 10.0 Å². The van der Waals surface area contributed by atoms with Crippen LogP contribution in [-0.2, 0) is 0 Å². The van der Waals surface area contributed by atoms with Gasteiger partial charge in [-0.1, -0.05) is 42.5 Å². The molecule has 1 aromatic heterocycles. The predicted octanol–water partition coefficient (Wildman–Crippen LogP) is 4.98. The van der Waals surface area contributed by atoms with E-state index in [4.69, 9.17) is 23.2 Å². The Labute approximate surface area is 131 Å². The molecule has 1 aliphatic carbocycles. The van der Waals surface area contributed by atoms with Crippen LogP contribution in [0.5, 0.6) is 0 Å². The highest BCUT2D eigenvalue weighted by Crippen LogP contribution is 2.34. The van der Waals surface area contributed by atoms with Gasteiger partial charge in [-0.15, -0.1) is 0 Å². The van der Waals surface area contributed by atoms with Crippen LogP contribution in [0.15, 0.2) is 6.07 Å². The van der Waals surface area contributed by atoms with Gasteiger partial charge < -0.3 is 10.2 Å². The maximum Gasteiger partial charge on any atom is 0.150 e. The van der Waals surface area contributed by atoms with Crippen LogP contribution in [0.3, 0.4) is 0 Å². The van der Waals surface area contributed by atoms with E-state index in [0.29, 0.717) is 16.1 Å². The van der Waals surface area contributed by atoms with E-state index in [0.717, 1.165) is 24.7 Å². The van der Waals surface area contributed by atoms with Crippen LogP contribution in [-0.4, -0.2) is 24.1 Å². The third-order valence-electron chi connectivity index (χ3n) is 3.88. The summed E-state index contributed by atoms with van der Waals surface area (Å²) in [5.41, 5.74) is 0. The minimum Gasteiger partial charge on any atom is -0.369 e. The first-order valence-corrected chi connectivity index (χ1v) is 8.29. The Kier molecular flexibility index (Phi) is 5.79. The number of halogens is 2. The average molecular weight is 316 g/mol. The number of hydrogen-bond donors (Lipinski definition) is 1. The zero-order valence-electron chi connectivity index (χ0n) is 12.3. The van der Waals surface area contributed by atoms with E-state index in [9.17, 15) is 0 Å². The molecule has 0 aliphatic heterocycles. The highest BCUT2D eigenvalue weighted by atomic mass is 35.5. The standard InChI is InChI=1S/C15H23Cl2N3/c1-3-18-14-12(16)10-13(17)15(19-14)20(4-2)11-8-6-5-7-9-11/h10-11H,3-9H2,1-2H3,(H,18,19). The minimum absolute atomic E-state index is 0.550. The average Bonchev–Trinajstić information content (AvgIpc) is 2.45. The molecule has 0 radical (unpaired) electrons. The number of hydrogen-bond acceptors (Lipinski definition) is 3. The van der Waals surface area contributed by atoms with E-state index in [1.54, 1.807) is 6.07 Å². The van der Waals surface area contributed by atoms with Crippen LogP contribution in [0.4, 0.5) is 11.6 Å². The lowest BCUT2D eigenvalue weighted by Crippen LogP contribution is -2.37. The lowest BCUT2D eigenvalue weighted by molar-refractivity contribution is 0.416. The van der Waals surface area contributed by atoms with Crippen LogP contribution in [0.25, 0.3) is 0 Å². The van der Waals surface area contributed by atoms with Crippen molar-refractivity contribution in [3.63, 3.8) is 0 Å². The van der Waals surface area contributed by atoms with E-state index in [-0.39, 0.29) is 0 Å². The van der Waals surface area contributed by atoms with Crippen molar-refractivity contribution in [1.82, 2.24) is 4.98 Å². The summed E-state index contributed by atoms with van der Waals surface area (Å²) in [5, 5.41) is 4.42. The normalized spacial score (nSPS) is 16.2. The highest BCUT2D eigenvalue weighted by molar-refractivity contribution is 6.37. The summed E-state index contributed by atoms with van der Waals surface area (Å²) in [6, 6.07) is 2.35. The summed E-state index contributed by atoms with van der Waals surface area (Å²) in [6.07, 6.45) is 6.40. The summed E-state index contributed by atoms with van der Waals surface area (Å²) in [4.78, 5) is 6.99. The fraction of sp³-hybridized carbons (Fsp3) is 0.667. The number of aromatic nitrogens is 1. The van der Waals surface area contributed by atoms with Gasteiger partial charge in [-0.2, -0.15) is 0 Å². The third-order valence-corrected chi connectivity index (χ3v) is 4.45. The third kappa shape index (κ3) is 3.50. The number of anilines is 2. The number of nitrogens with zero attached hydrogens (tertiary/aromatic N) is 2. The van der Waals surface area contributed by atoms with Gasteiger partial charge >= 0.3 is 0 Å². The van der Waals surface area contributed by atoms with Gasteiger partial charge in [0.2, 0.25) is 0 Å². The van der Waals surface area contributed by atoms with Gasteiger partial charge in [0, 0.05) is 19.1 Å². The first kappa shape index (κ1) is 15.7. The van der Waals surface area contributed by atoms with E-state index in [1.165, 1.54) is 32.1 Å². The monoisotopic (exact) mass is 315 g/mol. The summed E-state index contributed by atoms with van der Waals surface area (Å²) in [5.74, 6) is 1.59. The van der Waals surface area contributed by atoms with E-state index in [2.05, 4.69) is 22.1 Å². The largest absolute Gasteiger partial charge is 0.369 e. The topological polar surface area (TPSA) is 28.2 Å². The molecule has 20 heavy (non-hydrogen) atoms. The van der Waals surface area contributed by atoms with Crippen LogP contribution < -0.4 is 10.2 Å². The molecule has 0 aromatic carbocycles. The van der Waals surface area contributed by atoms with Crippen molar-refractivity contribution in [3.05, 3.63) is 16.1 Å². The van der Waals surface area contributed by atoms with Crippen molar-refractivity contribution in [3.8, 4) is 0 Å². The van der Waals surface area contributed by atoms with Crippen LogP contribution >= 0.6 is 23.2 Å². The molecular weight excluding hydrogens is 293 g/mol. The molecule has 0 atom stereocenters. The molecule has 1 heterocycles. The first-order valence-electron chi connectivity index (χ1n) is 7.53.